The van der Waals surface area contributed by atoms with E-state index in [1.807, 2.05) is 0 Å². The van der Waals surface area contributed by atoms with Gasteiger partial charge in [-0.2, -0.15) is 0 Å². The summed E-state index contributed by atoms with van der Waals surface area (Å²) < 4.78 is 19.1. The molecule has 0 heterocycles. The second-order valence-corrected chi connectivity index (χ2v) is 5.71. The Kier molecular flexibility index (Phi) is 7.21. The molecule has 1 aromatic carbocycles. The molecule has 3 nitrogen and oxygen atoms in total. The molecule has 1 aromatic rings. The molecule has 1 aliphatic carbocycles. The van der Waals surface area contributed by atoms with E-state index in [-0.39, 0.29) is 29.1 Å². The van der Waals surface area contributed by atoms with Crippen molar-refractivity contribution in [1.82, 2.24) is 0 Å². The largest absolute Gasteiger partial charge is 0.489 e. The third-order valence-electron chi connectivity index (χ3n) is 3.94. The molecule has 0 aromatic heterocycles. The summed E-state index contributed by atoms with van der Waals surface area (Å²) in [6.45, 7) is 2.10. The van der Waals surface area contributed by atoms with Crippen molar-refractivity contribution in [3.63, 3.8) is 0 Å². The van der Waals surface area contributed by atoms with Crippen LogP contribution in [0.1, 0.15) is 44.2 Å². The number of hydrogen-bond acceptors (Lipinski definition) is 3. The molecule has 1 fully saturated rings. The summed E-state index contributed by atoms with van der Waals surface area (Å²) in [7, 11) is 0. The molecule has 0 unspecified atom stereocenters. The molecule has 3 N–H and O–H groups in total. The average Bonchev–Trinajstić information content (AvgIpc) is 2.95. The zero-order valence-corrected chi connectivity index (χ0v) is 13.6. The van der Waals surface area contributed by atoms with Crippen molar-refractivity contribution in [1.29, 1.82) is 0 Å². The first-order chi connectivity index (χ1) is 9.54. The van der Waals surface area contributed by atoms with Gasteiger partial charge in [-0.25, -0.2) is 4.39 Å². The minimum absolute atomic E-state index is 0. The minimum Gasteiger partial charge on any atom is -0.489 e. The van der Waals surface area contributed by atoms with Gasteiger partial charge in [-0.3, -0.25) is 0 Å². The van der Waals surface area contributed by atoms with Crippen molar-refractivity contribution >= 4 is 24.0 Å². The van der Waals surface area contributed by atoms with Gasteiger partial charge in [0.1, 0.15) is 0 Å². The van der Waals surface area contributed by atoms with Crippen molar-refractivity contribution in [2.24, 2.45) is 11.7 Å². The highest BCUT2D eigenvalue weighted by Gasteiger charge is 2.29. The highest BCUT2D eigenvalue weighted by molar-refractivity contribution is 6.32. The SMILES string of the molecule is CCOc1c(F)cc([C@@H](N)[C@@H](O)C2CCCC2)cc1Cl.Cl. The van der Waals surface area contributed by atoms with E-state index in [1.54, 1.807) is 13.0 Å². The van der Waals surface area contributed by atoms with Gasteiger partial charge in [0.15, 0.2) is 11.6 Å². The Morgan fingerprint density at radius 3 is 2.57 bits per heavy atom. The number of rotatable bonds is 5. The molecule has 1 aliphatic rings. The fraction of sp³-hybridized carbons (Fsp3) is 0.600. The van der Waals surface area contributed by atoms with E-state index in [2.05, 4.69) is 0 Å². The third-order valence-corrected chi connectivity index (χ3v) is 4.23. The van der Waals surface area contributed by atoms with Gasteiger partial charge in [0.25, 0.3) is 0 Å². The number of aliphatic hydroxyl groups is 1. The lowest BCUT2D eigenvalue weighted by Gasteiger charge is -2.25. The van der Waals surface area contributed by atoms with Crippen molar-refractivity contribution in [2.75, 3.05) is 6.61 Å². The number of aliphatic hydroxyl groups excluding tert-OH is 1. The predicted octanol–water partition coefficient (Wildman–Crippen LogP) is 3.85. The van der Waals surface area contributed by atoms with Gasteiger partial charge in [0.05, 0.1) is 23.8 Å². The Balaban J connectivity index is 0.00000220. The standard InChI is InChI=1S/C15H21ClFNO2.ClH/c1-2-20-15-11(16)7-10(8-12(15)17)13(18)14(19)9-5-3-4-6-9;/h7-9,13-14,19H,2-6,18H2,1H3;1H/t13-,14+;/m1./s1. The maximum atomic E-state index is 14.0. The molecule has 21 heavy (non-hydrogen) atoms. The zero-order chi connectivity index (χ0) is 14.7. The lowest BCUT2D eigenvalue weighted by atomic mass is 9.91. The zero-order valence-electron chi connectivity index (χ0n) is 12.0. The van der Waals surface area contributed by atoms with Gasteiger partial charge in [0.2, 0.25) is 0 Å². The summed E-state index contributed by atoms with van der Waals surface area (Å²) in [5, 5.41) is 10.5. The molecule has 0 spiro atoms. The van der Waals surface area contributed by atoms with Crippen LogP contribution in [-0.2, 0) is 0 Å². The number of halogens is 3. The third kappa shape index (κ3) is 4.22. The predicted molar refractivity (Wildman–Crippen MR) is 84.7 cm³/mol. The van der Waals surface area contributed by atoms with E-state index in [0.717, 1.165) is 25.7 Å². The average molecular weight is 338 g/mol. The molecule has 0 bridgehead atoms. The van der Waals surface area contributed by atoms with Gasteiger partial charge < -0.3 is 15.6 Å². The maximum absolute atomic E-state index is 14.0. The van der Waals surface area contributed by atoms with E-state index in [0.29, 0.717) is 12.2 Å². The number of nitrogens with two attached hydrogens (primary N) is 1. The number of ether oxygens (including phenoxy) is 1. The van der Waals surface area contributed by atoms with E-state index in [4.69, 9.17) is 22.1 Å². The van der Waals surface area contributed by atoms with E-state index < -0.39 is 18.0 Å². The summed E-state index contributed by atoms with van der Waals surface area (Å²) in [6, 6.07) is 2.26. The Morgan fingerprint density at radius 2 is 2.05 bits per heavy atom. The first kappa shape index (κ1) is 18.5. The second kappa shape index (κ2) is 8.18. The summed E-state index contributed by atoms with van der Waals surface area (Å²) in [5.41, 5.74) is 6.57. The molecule has 0 amide bonds. The summed E-state index contributed by atoms with van der Waals surface area (Å²) in [4.78, 5) is 0. The fourth-order valence-corrected chi connectivity index (χ4v) is 3.11. The van der Waals surface area contributed by atoms with Crippen LogP contribution < -0.4 is 10.5 Å². The highest BCUT2D eigenvalue weighted by atomic mass is 35.5. The van der Waals surface area contributed by atoms with E-state index in [1.165, 1.54) is 6.07 Å². The molecule has 2 rings (SSSR count). The van der Waals surface area contributed by atoms with Crippen LogP contribution >= 0.6 is 24.0 Å². The quantitative estimate of drug-likeness (QED) is 0.857. The molecule has 120 valence electrons. The van der Waals surface area contributed by atoms with Crippen LogP contribution in [0.4, 0.5) is 4.39 Å². The summed E-state index contributed by atoms with van der Waals surface area (Å²) >= 11 is 6.02. The number of hydrogen-bond donors (Lipinski definition) is 2. The Morgan fingerprint density at radius 1 is 1.43 bits per heavy atom. The fourth-order valence-electron chi connectivity index (χ4n) is 2.84. The summed E-state index contributed by atoms with van der Waals surface area (Å²) in [5.74, 6) is -0.303. The van der Waals surface area contributed by atoms with Crippen molar-refractivity contribution in [3.05, 3.63) is 28.5 Å². The van der Waals surface area contributed by atoms with Gasteiger partial charge in [-0.15, -0.1) is 12.4 Å². The lowest BCUT2D eigenvalue weighted by molar-refractivity contribution is 0.0844. The smallest absolute Gasteiger partial charge is 0.173 e. The van der Waals surface area contributed by atoms with Crippen LogP contribution in [0.5, 0.6) is 5.75 Å². The molecular weight excluding hydrogens is 316 g/mol. The topological polar surface area (TPSA) is 55.5 Å². The van der Waals surface area contributed by atoms with Crippen LogP contribution in [0.3, 0.4) is 0 Å². The summed E-state index contributed by atoms with van der Waals surface area (Å²) in [6.07, 6.45) is 3.52. The monoisotopic (exact) mass is 337 g/mol. The molecule has 0 aliphatic heterocycles. The molecule has 0 saturated heterocycles. The first-order valence-corrected chi connectivity index (χ1v) is 7.47. The van der Waals surface area contributed by atoms with Gasteiger partial charge in [-0.05, 0) is 43.4 Å². The molecular formula is C15H22Cl2FNO2. The van der Waals surface area contributed by atoms with Crippen molar-refractivity contribution < 1.29 is 14.2 Å². The van der Waals surface area contributed by atoms with Crippen LogP contribution in [0.15, 0.2) is 12.1 Å². The van der Waals surface area contributed by atoms with Crippen molar-refractivity contribution in [3.8, 4) is 5.75 Å². The Labute approximate surface area is 136 Å². The normalized spacial score (nSPS) is 18.1. The maximum Gasteiger partial charge on any atom is 0.173 e. The van der Waals surface area contributed by atoms with Crippen LogP contribution in [0.2, 0.25) is 5.02 Å². The Bertz CT molecular complexity index is 444. The van der Waals surface area contributed by atoms with Gasteiger partial charge in [-0.1, -0.05) is 24.4 Å². The van der Waals surface area contributed by atoms with E-state index >= 15 is 0 Å². The number of benzene rings is 1. The van der Waals surface area contributed by atoms with Gasteiger partial charge in [0, 0.05) is 0 Å². The van der Waals surface area contributed by atoms with Crippen LogP contribution in [-0.4, -0.2) is 17.8 Å². The Hall–Kier alpha value is -0.550. The minimum atomic E-state index is -0.661. The van der Waals surface area contributed by atoms with Crippen LogP contribution in [0, 0.1) is 11.7 Å². The molecule has 0 radical (unpaired) electrons. The second-order valence-electron chi connectivity index (χ2n) is 5.31. The van der Waals surface area contributed by atoms with Gasteiger partial charge >= 0.3 is 0 Å². The lowest BCUT2D eigenvalue weighted by Crippen LogP contribution is -2.32. The van der Waals surface area contributed by atoms with Crippen molar-refractivity contribution in [2.45, 2.75) is 44.8 Å². The molecule has 6 heteroatoms. The highest BCUT2D eigenvalue weighted by Crippen LogP contribution is 2.35. The molecule has 1 saturated carbocycles. The van der Waals surface area contributed by atoms with E-state index in [9.17, 15) is 9.50 Å². The van der Waals surface area contributed by atoms with Crippen LogP contribution in [0.25, 0.3) is 0 Å². The first-order valence-electron chi connectivity index (χ1n) is 7.10. The molecule has 2 atom stereocenters.